The lowest BCUT2D eigenvalue weighted by Crippen LogP contribution is -2.31. The van der Waals surface area contributed by atoms with Crippen molar-refractivity contribution in [2.45, 2.75) is 32.1 Å². The highest BCUT2D eigenvalue weighted by atomic mass is 35.5. The lowest BCUT2D eigenvalue weighted by atomic mass is 9.89. The number of halogens is 2. The molecule has 52 heavy (non-hydrogen) atoms. The first-order chi connectivity index (χ1) is 25.3. The topological polar surface area (TPSA) is 101 Å². The van der Waals surface area contributed by atoms with Crippen molar-refractivity contribution in [2.75, 3.05) is 11.9 Å². The van der Waals surface area contributed by atoms with Crippen molar-refractivity contribution in [1.82, 2.24) is 10.3 Å². The fourth-order valence-electron chi connectivity index (χ4n) is 6.73. The van der Waals surface area contributed by atoms with Crippen LogP contribution in [0.1, 0.15) is 52.8 Å². The van der Waals surface area contributed by atoms with Gasteiger partial charge in [0.05, 0.1) is 22.2 Å². The van der Waals surface area contributed by atoms with Gasteiger partial charge in [0.15, 0.2) is 0 Å². The number of carbonyl (C=O) groups excluding carboxylic acids is 2. The van der Waals surface area contributed by atoms with Crippen molar-refractivity contribution in [3.05, 3.63) is 153 Å². The second-order valence-corrected chi connectivity index (χ2v) is 13.8. The van der Waals surface area contributed by atoms with Crippen molar-refractivity contribution in [1.29, 1.82) is 0 Å². The molecule has 0 aliphatic heterocycles. The Morgan fingerprint density at radius 2 is 1.33 bits per heavy atom. The third-order valence-corrected chi connectivity index (χ3v) is 9.87. The highest BCUT2D eigenvalue weighted by Crippen LogP contribution is 2.29. The zero-order valence-corrected chi connectivity index (χ0v) is 29.7. The van der Waals surface area contributed by atoms with Crippen molar-refractivity contribution in [3.8, 4) is 11.5 Å². The fraction of sp³-hybridized carbons (Fsp3) is 0.163. The SMILES string of the molecule is O=C(NCC1CCCCC1)c1ccc(Cl)cc1NC(=O)c1cccc2ccccc12.O=c1oc(-c2cccc3ccccc23)nc2cc(Cl)ccc12. The average Bonchev–Trinajstić information content (AvgIpc) is 3.17. The summed E-state index contributed by atoms with van der Waals surface area (Å²) in [6, 6.07) is 37.0. The molecular weight excluding hydrogens is 693 g/mol. The molecule has 1 saturated carbocycles. The molecule has 6 aromatic carbocycles. The van der Waals surface area contributed by atoms with E-state index in [4.69, 9.17) is 27.6 Å². The van der Waals surface area contributed by atoms with Gasteiger partial charge in [-0.2, -0.15) is 0 Å². The summed E-state index contributed by atoms with van der Waals surface area (Å²) in [4.78, 5) is 42.5. The minimum Gasteiger partial charge on any atom is -0.403 e. The molecule has 1 aliphatic carbocycles. The van der Waals surface area contributed by atoms with Gasteiger partial charge in [-0.1, -0.05) is 115 Å². The van der Waals surface area contributed by atoms with Gasteiger partial charge in [-0.15, -0.1) is 0 Å². The van der Waals surface area contributed by atoms with Crippen LogP contribution in [0.2, 0.25) is 10.0 Å². The van der Waals surface area contributed by atoms with E-state index in [-0.39, 0.29) is 11.8 Å². The van der Waals surface area contributed by atoms with E-state index in [0.29, 0.717) is 56.1 Å². The Bertz CT molecular complexity index is 2480. The molecule has 8 rings (SSSR count). The molecule has 260 valence electrons. The summed E-state index contributed by atoms with van der Waals surface area (Å²) in [5.74, 6) is 0.376. The van der Waals surface area contributed by atoms with Gasteiger partial charge in [-0.3, -0.25) is 9.59 Å². The summed E-state index contributed by atoms with van der Waals surface area (Å²) in [6.45, 7) is 0.665. The average molecular weight is 729 g/mol. The number of amides is 2. The minimum atomic E-state index is -0.412. The lowest BCUT2D eigenvalue weighted by molar-refractivity contribution is 0.0944. The molecule has 0 atom stereocenters. The summed E-state index contributed by atoms with van der Waals surface area (Å²) in [5, 5.41) is 11.3. The standard InChI is InChI=1S/C25H25ClN2O2.C18H10ClNO2/c26-19-13-14-22(24(29)27-16-17-7-2-1-3-8-17)23(15-19)28-25(30)21-12-6-10-18-9-4-5-11-20(18)21;19-12-8-9-15-16(10-12)20-17(22-18(15)21)14-7-3-5-11-4-1-2-6-13(11)14/h4-6,9-15,17H,1-3,7-8,16H2,(H,27,29)(H,28,30);1-10H. The second-order valence-electron chi connectivity index (χ2n) is 12.9. The van der Waals surface area contributed by atoms with Gasteiger partial charge in [0.25, 0.3) is 11.8 Å². The van der Waals surface area contributed by atoms with Gasteiger partial charge in [-0.25, -0.2) is 9.78 Å². The number of carbonyl (C=O) groups is 2. The van der Waals surface area contributed by atoms with Crippen molar-refractivity contribution < 1.29 is 14.0 Å². The molecule has 0 bridgehead atoms. The summed E-state index contributed by atoms with van der Waals surface area (Å²) in [5.41, 5.74) is 2.31. The smallest absolute Gasteiger partial charge is 0.347 e. The van der Waals surface area contributed by atoms with Crippen LogP contribution in [0.4, 0.5) is 5.69 Å². The molecule has 0 saturated heterocycles. The Hall–Kier alpha value is -5.50. The van der Waals surface area contributed by atoms with Crippen molar-refractivity contribution in [3.63, 3.8) is 0 Å². The fourth-order valence-corrected chi connectivity index (χ4v) is 7.06. The molecular formula is C43H35Cl2N3O4. The third kappa shape index (κ3) is 7.86. The van der Waals surface area contributed by atoms with Gasteiger partial charge in [0.2, 0.25) is 5.89 Å². The Labute approximate surface area is 310 Å². The molecule has 2 amide bonds. The Morgan fingerprint density at radius 3 is 2.12 bits per heavy atom. The molecule has 2 N–H and O–H groups in total. The van der Waals surface area contributed by atoms with Crippen molar-refractivity contribution >= 4 is 73.2 Å². The van der Waals surface area contributed by atoms with Crippen LogP contribution in [0, 0.1) is 5.92 Å². The molecule has 7 aromatic rings. The van der Waals surface area contributed by atoms with Crippen LogP contribution in [0.5, 0.6) is 0 Å². The number of nitrogens with zero attached hydrogens (tertiary/aromatic N) is 1. The maximum atomic E-state index is 13.0. The predicted molar refractivity (Wildman–Crippen MR) is 210 cm³/mol. The monoisotopic (exact) mass is 727 g/mol. The number of rotatable bonds is 6. The Kier molecular flexibility index (Phi) is 10.6. The van der Waals surface area contributed by atoms with Crippen LogP contribution in [-0.2, 0) is 0 Å². The third-order valence-electron chi connectivity index (χ3n) is 9.40. The quantitative estimate of drug-likeness (QED) is 0.178. The summed E-state index contributed by atoms with van der Waals surface area (Å²) in [6.07, 6.45) is 6.06. The maximum absolute atomic E-state index is 13.0. The Balaban J connectivity index is 0.000000169. The Morgan fingerprint density at radius 1 is 0.673 bits per heavy atom. The first-order valence-electron chi connectivity index (χ1n) is 17.3. The molecule has 9 heteroatoms. The zero-order valence-electron chi connectivity index (χ0n) is 28.2. The van der Waals surface area contributed by atoms with Crippen molar-refractivity contribution in [2.24, 2.45) is 5.92 Å². The number of benzene rings is 6. The van der Waals surface area contributed by atoms with E-state index in [9.17, 15) is 14.4 Å². The maximum Gasteiger partial charge on any atom is 0.347 e. The number of hydrogen-bond acceptors (Lipinski definition) is 5. The summed E-state index contributed by atoms with van der Waals surface area (Å²) < 4.78 is 5.41. The number of hydrogen-bond donors (Lipinski definition) is 2. The molecule has 1 aromatic heterocycles. The van der Waals surface area contributed by atoms with Gasteiger partial charge < -0.3 is 15.1 Å². The number of aromatic nitrogens is 1. The second kappa shape index (κ2) is 15.8. The van der Waals surface area contributed by atoms with Gasteiger partial charge in [-0.05, 0) is 88.8 Å². The largest absolute Gasteiger partial charge is 0.403 e. The van der Waals surface area contributed by atoms with Gasteiger partial charge >= 0.3 is 5.63 Å². The van der Waals surface area contributed by atoms with Crippen LogP contribution < -0.4 is 16.3 Å². The first kappa shape index (κ1) is 34.9. The van der Waals surface area contributed by atoms with E-state index in [1.807, 2.05) is 78.9 Å². The molecule has 7 nitrogen and oxygen atoms in total. The minimum absolute atomic E-state index is 0.189. The van der Waals surface area contributed by atoms with Crippen LogP contribution in [0.3, 0.4) is 0 Å². The van der Waals surface area contributed by atoms with E-state index in [2.05, 4.69) is 15.6 Å². The molecule has 1 fully saturated rings. The normalized spacial score (nSPS) is 13.0. The summed E-state index contributed by atoms with van der Waals surface area (Å²) in [7, 11) is 0. The van der Waals surface area contributed by atoms with E-state index in [0.717, 1.165) is 39.9 Å². The van der Waals surface area contributed by atoms with E-state index in [1.54, 1.807) is 42.5 Å². The highest BCUT2D eigenvalue weighted by Gasteiger charge is 2.19. The van der Waals surface area contributed by atoms with E-state index >= 15 is 0 Å². The lowest BCUT2D eigenvalue weighted by Gasteiger charge is -2.22. The first-order valence-corrected chi connectivity index (χ1v) is 18.0. The van der Waals surface area contributed by atoms with Crippen LogP contribution in [0.25, 0.3) is 43.9 Å². The molecule has 0 spiro atoms. The molecule has 0 radical (unpaired) electrons. The molecule has 0 unspecified atom stereocenters. The van der Waals surface area contributed by atoms with Gasteiger partial charge in [0.1, 0.15) is 0 Å². The molecule has 1 aliphatic rings. The number of anilines is 1. The van der Waals surface area contributed by atoms with Crippen LogP contribution in [-0.4, -0.2) is 23.3 Å². The van der Waals surface area contributed by atoms with Crippen LogP contribution >= 0.6 is 23.2 Å². The van der Waals surface area contributed by atoms with E-state index < -0.39 is 5.63 Å². The van der Waals surface area contributed by atoms with Gasteiger partial charge in [0, 0.05) is 27.7 Å². The summed E-state index contributed by atoms with van der Waals surface area (Å²) >= 11 is 12.2. The highest BCUT2D eigenvalue weighted by molar-refractivity contribution is 6.31. The number of fused-ring (bicyclic) bond motifs is 3. The number of nitrogens with one attached hydrogen (secondary N) is 2. The van der Waals surface area contributed by atoms with Crippen LogP contribution in [0.15, 0.2) is 131 Å². The van der Waals surface area contributed by atoms with E-state index in [1.165, 1.54) is 19.3 Å². The zero-order chi connectivity index (χ0) is 36.0. The predicted octanol–water partition coefficient (Wildman–Crippen LogP) is 10.7. The molecule has 1 heterocycles.